The summed E-state index contributed by atoms with van der Waals surface area (Å²) in [4.78, 5) is 0. The number of aliphatic hydroxyl groups is 3. The van der Waals surface area contributed by atoms with Crippen LogP contribution in [-0.2, 0) is 0 Å². The molecular weight excluding hydrogens is 228 g/mol. The standard InChI is InChI=1S/C15H24O3/c1-12(2)4-8(17)5-13(3)10-9-6-15(12,13)11(18)14(9,10)7-16/h8-11,16-18H,4-7H2,1-3H3/t8-,9?,10-,11+,13-,14-,15-/m1/s1. The van der Waals surface area contributed by atoms with Crippen LogP contribution in [0.25, 0.3) is 0 Å². The minimum absolute atomic E-state index is 0.0149. The Morgan fingerprint density at radius 2 is 1.72 bits per heavy atom. The lowest BCUT2D eigenvalue weighted by Gasteiger charge is -2.58. The van der Waals surface area contributed by atoms with Gasteiger partial charge >= 0.3 is 0 Å². The van der Waals surface area contributed by atoms with Crippen molar-refractivity contribution in [3.05, 3.63) is 0 Å². The molecule has 3 heteroatoms. The lowest BCUT2D eigenvalue weighted by atomic mass is 9.47. The molecule has 1 unspecified atom stereocenters. The molecule has 0 aromatic heterocycles. The molecule has 0 saturated heterocycles. The van der Waals surface area contributed by atoms with Gasteiger partial charge in [0.05, 0.1) is 18.8 Å². The maximum Gasteiger partial charge on any atom is 0.0690 e. The molecule has 5 aliphatic rings. The molecule has 0 aliphatic heterocycles. The molecule has 5 fully saturated rings. The average molecular weight is 252 g/mol. The Bertz CT molecular complexity index is 433. The SMILES string of the molecule is CC1(C)C[C@@H](O)C[C@]2(C)[C@H]3C4C[C@@]12[C@@H](O)[C@]43CO. The van der Waals surface area contributed by atoms with Gasteiger partial charge in [0.1, 0.15) is 0 Å². The summed E-state index contributed by atoms with van der Waals surface area (Å²) in [5.74, 6) is 0.922. The molecule has 0 radical (unpaired) electrons. The lowest BCUT2D eigenvalue weighted by Crippen LogP contribution is -2.57. The number of aliphatic hydroxyl groups excluding tert-OH is 3. The minimum Gasteiger partial charge on any atom is -0.396 e. The fraction of sp³-hybridized carbons (Fsp3) is 1.00. The predicted octanol–water partition coefficient (Wildman–Crippen LogP) is 1.16. The molecule has 0 aromatic rings. The van der Waals surface area contributed by atoms with E-state index in [0.29, 0.717) is 11.8 Å². The molecule has 0 amide bonds. The summed E-state index contributed by atoms with van der Waals surface area (Å²) in [6.07, 6.45) is 2.00. The van der Waals surface area contributed by atoms with E-state index in [2.05, 4.69) is 20.8 Å². The number of rotatable bonds is 1. The van der Waals surface area contributed by atoms with E-state index in [1.165, 1.54) is 0 Å². The van der Waals surface area contributed by atoms with E-state index in [1.54, 1.807) is 0 Å². The van der Waals surface area contributed by atoms with Crippen LogP contribution >= 0.6 is 0 Å². The fourth-order valence-corrected chi connectivity index (χ4v) is 7.36. The summed E-state index contributed by atoms with van der Waals surface area (Å²) >= 11 is 0. The molecule has 0 aromatic carbocycles. The molecule has 3 nitrogen and oxygen atoms in total. The lowest BCUT2D eigenvalue weighted by molar-refractivity contribution is -0.161. The summed E-state index contributed by atoms with van der Waals surface area (Å²) in [6, 6.07) is 0. The van der Waals surface area contributed by atoms with E-state index in [0.717, 1.165) is 19.3 Å². The maximum absolute atomic E-state index is 10.9. The van der Waals surface area contributed by atoms with E-state index in [1.807, 2.05) is 0 Å². The first-order chi connectivity index (χ1) is 8.28. The highest BCUT2D eigenvalue weighted by molar-refractivity contribution is 5.41. The first-order valence-corrected chi connectivity index (χ1v) is 7.25. The number of hydrogen-bond acceptors (Lipinski definition) is 3. The first kappa shape index (κ1) is 11.7. The molecule has 5 saturated carbocycles. The van der Waals surface area contributed by atoms with Crippen LogP contribution < -0.4 is 0 Å². The Hall–Kier alpha value is -0.120. The van der Waals surface area contributed by atoms with Gasteiger partial charge in [0, 0.05) is 10.8 Å². The number of hydrogen-bond donors (Lipinski definition) is 3. The molecule has 5 rings (SSSR count). The second-order valence-corrected chi connectivity index (χ2v) is 8.30. The molecule has 0 heterocycles. The van der Waals surface area contributed by atoms with Gasteiger partial charge in [-0.15, -0.1) is 0 Å². The van der Waals surface area contributed by atoms with E-state index >= 15 is 0 Å². The summed E-state index contributed by atoms with van der Waals surface area (Å²) in [7, 11) is 0. The van der Waals surface area contributed by atoms with Crippen molar-refractivity contribution in [2.45, 2.75) is 52.2 Å². The average Bonchev–Trinajstić information content (AvgIpc) is 2.64. The van der Waals surface area contributed by atoms with E-state index in [9.17, 15) is 15.3 Å². The van der Waals surface area contributed by atoms with Crippen molar-refractivity contribution in [1.29, 1.82) is 0 Å². The quantitative estimate of drug-likeness (QED) is 0.656. The van der Waals surface area contributed by atoms with Crippen LogP contribution in [0.5, 0.6) is 0 Å². The molecule has 7 atom stereocenters. The van der Waals surface area contributed by atoms with Crippen molar-refractivity contribution >= 4 is 0 Å². The van der Waals surface area contributed by atoms with Gasteiger partial charge in [0.25, 0.3) is 0 Å². The van der Waals surface area contributed by atoms with E-state index in [4.69, 9.17) is 0 Å². The van der Waals surface area contributed by atoms with Gasteiger partial charge in [-0.3, -0.25) is 0 Å². The van der Waals surface area contributed by atoms with Crippen LogP contribution in [0.15, 0.2) is 0 Å². The summed E-state index contributed by atoms with van der Waals surface area (Å²) in [5.41, 5.74) is -0.340. The Balaban J connectivity index is 1.92. The van der Waals surface area contributed by atoms with Gasteiger partial charge in [-0.25, -0.2) is 0 Å². The molecule has 102 valence electrons. The summed E-state index contributed by atoms with van der Waals surface area (Å²) in [5, 5.41) is 31.0. The van der Waals surface area contributed by atoms with Crippen LogP contribution in [0, 0.1) is 33.5 Å². The van der Waals surface area contributed by atoms with Gasteiger partial charge in [-0.1, -0.05) is 20.8 Å². The van der Waals surface area contributed by atoms with Gasteiger partial charge < -0.3 is 15.3 Å². The van der Waals surface area contributed by atoms with Crippen LogP contribution in [-0.4, -0.2) is 34.1 Å². The summed E-state index contributed by atoms with van der Waals surface area (Å²) < 4.78 is 0. The summed E-state index contributed by atoms with van der Waals surface area (Å²) in [6.45, 7) is 6.78. The highest BCUT2D eigenvalue weighted by Gasteiger charge is 2.94. The first-order valence-electron chi connectivity index (χ1n) is 7.25. The normalized spacial score (nSPS) is 67.0. The van der Waals surface area contributed by atoms with Gasteiger partial charge in [-0.2, -0.15) is 0 Å². The largest absolute Gasteiger partial charge is 0.396 e. The third-order valence-corrected chi connectivity index (χ3v) is 7.67. The minimum atomic E-state index is -0.377. The van der Waals surface area contributed by atoms with Crippen molar-refractivity contribution in [2.24, 2.45) is 33.5 Å². The molecule has 5 aliphatic carbocycles. The highest BCUT2D eigenvalue weighted by Crippen LogP contribution is 2.94. The third kappa shape index (κ3) is 0.763. The molecule has 4 bridgehead atoms. The Labute approximate surface area is 108 Å². The van der Waals surface area contributed by atoms with Crippen molar-refractivity contribution in [3.8, 4) is 0 Å². The van der Waals surface area contributed by atoms with E-state index < -0.39 is 0 Å². The molecular formula is C15H24O3. The fourth-order valence-electron chi connectivity index (χ4n) is 7.36. The maximum atomic E-state index is 10.9. The third-order valence-electron chi connectivity index (χ3n) is 7.67. The second kappa shape index (κ2) is 2.68. The Kier molecular flexibility index (Phi) is 1.74. The predicted molar refractivity (Wildman–Crippen MR) is 66.7 cm³/mol. The van der Waals surface area contributed by atoms with Crippen molar-refractivity contribution in [1.82, 2.24) is 0 Å². The van der Waals surface area contributed by atoms with E-state index in [-0.39, 0.29) is 40.5 Å². The Morgan fingerprint density at radius 1 is 1.06 bits per heavy atom. The van der Waals surface area contributed by atoms with Crippen LogP contribution in [0.2, 0.25) is 0 Å². The smallest absolute Gasteiger partial charge is 0.0690 e. The van der Waals surface area contributed by atoms with Crippen LogP contribution in [0.4, 0.5) is 0 Å². The zero-order valence-electron chi connectivity index (χ0n) is 11.5. The second-order valence-electron chi connectivity index (χ2n) is 8.30. The van der Waals surface area contributed by atoms with Crippen molar-refractivity contribution in [2.75, 3.05) is 6.61 Å². The molecule has 1 spiro atoms. The molecule has 18 heavy (non-hydrogen) atoms. The van der Waals surface area contributed by atoms with Crippen molar-refractivity contribution < 1.29 is 15.3 Å². The van der Waals surface area contributed by atoms with Gasteiger partial charge in [0.2, 0.25) is 0 Å². The van der Waals surface area contributed by atoms with Crippen LogP contribution in [0.3, 0.4) is 0 Å². The van der Waals surface area contributed by atoms with Crippen molar-refractivity contribution in [3.63, 3.8) is 0 Å². The highest BCUT2D eigenvalue weighted by atomic mass is 16.3. The van der Waals surface area contributed by atoms with Crippen LogP contribution in [0.1, 0.15) is 40.0 Å². The monoisotopic (exact) mass is 252 g/mol. The van der Waals surface area contributed by atoms with Gasteiger partial charge in [-0.05, 0) is 41.9 Å². The molecule has 3 N–H and O–H groups in total. The van der Waals surface area contributed by atoms with Gasteiger partial charge in [0.15, 0.2) is 0 Å². The zero-order valence-corrected chi connectivity index (χ0v) is 11.5. The Morgan fingerprint density at radius 3 is 2.28 bits per heavy atom. The zero-order chi connectivity index (χ0) is 13.1. The topological polar surface area (TPSA) is 60.7 Å².